The van der Waals surface area contributed by atoms with Gasteiger partial charge in [-0.1, -0.05) is 0 Å². The van der Waals surface area contributed by atoms with Gasteiger partial charge in [0.2, 0.25) is 0 Å². The molecule has 1 atom stereocenters. The molecular formula is C6H13NO. The zero-order valence-electron chi connectivity index (χ0n) is 5.69. The largest absolute Gasteiger partial charge is 0.373 e. The van der Waals surface area contributed by atoms with Crippen molar-refractivity contribution in [3.05, 3.63) is 0 Å². The molecule has 0 fully saturated rings. The molecule has 0 aromatic heterocycles. The van der Waals surface area contributed by atoms with Crippen molar-refractivity contribution in [3.63, 3.8) is 0 Å². The van der Waals surface area contributed by atoms with Crippen molar-refractivity contribution >= 4 is 5.71 Å². The van der Waals surface area contributed by atoms with E-state index in [0.29, 0.717) is 12.3 Å². The van der Waals surface area contributed by atoms with Gasteiger partial charge in [0.1, 0.15) is 0 Å². The Balaban J connectivity index is 3.32. The molecule has 0 saturated carbocycles. The van der Waals surface area contributed by atoms with Crippen LogP contribution in [0.2, 0.25) is 0 Å². The molecule has 0 aliphatic rings. The number of nitrogens with one attached hydrogen (secondary N) is 1. The van der Waals surface area contributed by atoms with Crippen LogP contribution in [0, 0.1) is 5.41 Å². The monoisotopic (exact) mass is 115 g/mol. The van der Waals surface area contributed by atoms with Crippen molar-refractivity contribution in [2.75, 3.05) is 6.61 Å². The molecule has 0 aliphatic carbocycles. The van der Waals surface area contributed by atoms with Gasteiger partial charge in [-0.2, -0.15) is 0 Å². The summed E-state index contributed by atoms with van der Waals surface area (Å²) in [4.78, 5) is 0. The first-order valence-corrected chi connectivity index (χ1v) is 2.85. The smallest absolute Gasteiger partial charge is 0.0917 e. The number of hydrogen-bond acceptors (Lipinski definition) is 2. The van der Waals surface area contributed by atoms with Crippen LogP contribution < -0.4 is 0 Å². The Morgan fingerprint density at radius 3 is 2.38 bits per heavy atom. The number of ether oxygens (including phenoxy) is 1. The zero-order chi connectivity index (χ0) is 6.57. The third kappa shape index (κ3) is 2.75. The molecule has 0 amide bonds. The van der Waals surface area contributed by atoms with E-state index in [2.05, 4.69) is 0 Å². The Labute approximate surface area is 50.4 Å². The Hall–Kier alpha value is -0.370. The van der Waals surface area contributed by atoms with Gasteiger partial charge < -0.3 is 10.1 Å². The summed E-state index contributed by atoms with van der Waals surface area (Å²) in [7, 11) is 0. The molecule has 0 aromatic rings. The summed E-state index contributed by atoms with van der Waals surface area (Å²) in [5.74, 6) is 0. The van der Waals surface area contributed by atoms with Crippen LogP contribution in [-0.4, -0.2) is 18.4 Å². The van der Waals surface area contributed by atoms with E-state index in [4.69, 9.17) is 10.1 Å². The summed E-state index contributed by atoms with van der Waals surface area (Å²) in [6, 6.07) is 0. The maximum atomic E-state index is 7.08. The maximum Gasteiger partial charge on any atom is 0.0917 e. The SMILES string of the molecule is CCOC(C)C(C)=N. The van der Waals surface area contributed by atoms with Gasteiger partial charge in [0.05, 0.1) is 6.10 Å². The fourth-order valence-corrected chi connectivity index (χ4v) is 0.375. The lowest BCUT2D eigenvalue weighted by Gasteiger charge is -2.07. The lowest BCUT2D eigenvalue weighted by Crippen LogP contribution is -2.16. The van der Waals surface area contributed by atoms with E-state index >= 15 is 0 Å². The van der Waals surface area contributed by atoms with Crippen LogP contribution in [0.1, 0.15) is 20.8 Å². The van der Waals surface area contributed by atoms with E-state index in [-0.39, 0.29) is 6.10 Å². The average Bonchev–Trinajstić information content (AvgIpc) is 1.67. The fraction of sp³-hybridized carbons (Fsp3) is 0.833. The second-order valence-electron chi connectivity index (χ2n) is 1.78. The van der Waals surface area contributed by atoms with Gasteiger partial charge >= 0.3 is 0 Å². The second-order valence-corrected chi connectivity index (χ2v) is 1.78. The van der Waals surface area contributed by atoms with Gasteiger partial charge in [-0.25, -0.2) is 0 Å². The molecule has 8 heavy (non-hydrogen) atoms. The van der Waals surface area contributed by atoms with Gasteiger partial charge in [0, 0.05) is 12.3 Å². The predicted molar refractivity (Wildman–Crippen MR) is 34.5 cm³/mol. The number of rotatable bonds is 3. The van der Waals surface area contributed by atoms with Gasteiger partial charge in [-0.15, -0.1) is 0 Å². The maximum absolute atomic E-state index is 7.08. The molecule has 0 rings (SSSR count). The molecule has 2 nitrogen and oxygen atoms in total. The molecule has 0 aliphatic heterocycles. The van der Waals surface area contributed by atoms with Crippen molar-refractivity contribution < 1.29 is 4.74 Å². The first kappa shape index (κ1) is 7.63. The Kier molecular flexibility index (Phi) is 3.44. The van der Waals surface area contributed by atoms with Crippen LogP contribution in [0.3, 0.4) is 0 Å². The molecule has 48 valence electrons. The van der Waals surface area contributed by atoms with Crippen molar-refractivity contribution in [1.82, 2.24) is 0 Å². The van der Waals surface area contributed by atoms with Crippen molar-refractivity contribution in [2.24, 2.45) is 0 Å². The highest BCUT2D eigenvalue weighted by atomic mass is 16.5. The minimum absolute atomic E-state index is 0.000000000000000222. The molecule has 0 radical (unpaired) electrons. The van der Waals surface area contributed by atoms with Crippen LogP contribution in [0.15, 0.2) is 0 Å². The first-order chi connectivity index (χ1) is 3.68. The van der Waals surface area contributed by atoms with Gasteiger partial charge in [-0.05, 0) is 20.8 Å². The third-order valence-electron chi connectivity index (χ3n) is 1.03. The van der Waals surface area contributed by atoms with E-state index in [1.54, 1.807) is 6.92 Å². The highest BCUT2D eigenvalue weighted by Gasteiger charge is 1.99. The van der Waals surface area contributed by atoms with E-state index < -0.39 is 0 Å². The second kappa shape index (κ2) is 3.61. The van der Waals surface area contributed by atoms with Crippen LogP contribution in [0.5, 0.6) is 0 Å². The summed E-state index contributed by atoms with van der Waals surface area (Å²) >= 11 is 0. The molecular weight excluding hydrogens is 102 g/mol. The van der Waals surface area contributed by atoms with Crippen molar-refractivity contribution in [1.29, 1.82) is 5.41 Å². The minimum atomic E-state index is -0.000000000000000222. The van der Waals surface area contributed by atoms with Crippen LogP contribution >= 0.6 is 0 Å². The molecule has 0 aromatic carbocycles. The normalized spacial score (nSPS) is 13.4. The van der Waals surface area contributed by atoms with E-state index in [0.717, 1.165) is 0 Å². The van der Waals surface area contributed by atoms with E-state index in [9.17, 15) is 0 Å². The molecule has 0 saturated heterocycles. The lowest BCUT2D eigenvalue weighted by atomic mass is 10.3. The summed E-state index contributed by atoms with van der Waals surface area (Å²) in [5.41, 5.74) is 0.590. The highest BCUT2D eigenvalue weighted by molar-refractivity contribution is 5.82. The minimum Gasteiger partial charge on any atom is -0.373 e. The topological polar surface area (TPSA) is 33.1 Å². The quantitative estimate of drug-likeness (QED) is 0.555. The van der Waals surface area contributed by atoms with Crippen LogP contribution in [0.4, 0.5) is 0 Å². The summed E-state index contributed by atoms with van der Waals surface area (Å²) in [5, 5.41) is 7.08. The standard InChI is InChI=1S/C6H13NO/c1-4-8-6(3)5(2)7/h6-7H,4H2,1-3H3. The van der Waals surface area contributed by atoms with Gasteiger partial charge in [-0.3, -0.25) is 0 Å². The third-order valence-corrected chi connectivity index (χ3v) is 1.03. The molecule has 0 bridgehead atoms. The van der Waals surface area contributed by atoms with Crippen molar-refractivity contribution in [3.8, 4) is 0 Å². The van der Waals surface area contributed by atoms with E-state index in [1.165, 1.54) is 0 Å². The van der Waals surface area contributed by atoms with Crippen molar-refractivity contribution in [2.45, 2.75) is 26.9 Å². The fourth-order valence-electron chi connectivity index (χ4n) is 0.375. The number of hydrogen-bond donors (Lipinski definition) is 1. The van der Waals surface area contributed by atoms with Crippen LogP contribution in [-0.2, 0) is 4.74 Å². The first-order valence-electron chi connectivity index (χ1n) is 2.85. The predicted octanol–water partition coefficient (Wildman–Crippen LogP) is 1.45. The Morgan fingerprint density at radius 1 is 1.75 bits per heavy atom. The molecule has 2 heteroatoms. The lowest BCUT2D eigenvalue weighted by molar-refractivity contribution is 0.121. The molecule has 1 unspecified atom stereocenters. The molecule has 0 spiro atoms. The Bertz CT molecular complexity index is 80.6. The average molecular weight is 115 g/mol. The Morgan fingerprint density at radius 2 is 2.25 bits per heavy atom. The summed E-state index contributed by atoms with van der Waals surface area (Å²) < 4.78 is 5.08. The highest BCUT2D eigenvalue weighted by Crippen LogP contribution is 1.90. The molecule has 1 N–H and O–H groups in total. The zero-order valence-corrected chi connectivity index (χ0v) is 5.69. The van der Waals surface area contributed by atoms with Crippen LogP contribution in [0.25, 0.3) is 0 Å². The summed E-state index contributed by atoms with van der Waals surface area (Å²) in [6.07, 6.45) is -0.000000000000000222. The van der Waals surface area contributed by atoms with Gasteiger partial charge in [0.25, 0.3) is 0 Å². The summed E-state index contributed by atoms with van der Waals surface area (Å²) in [6.45, 7) is 6.25. The van der Waals surface area contributed by atoms with Gasteiger partial charge in [0.15, 0.2) is 0 Å². The van der Waals surface area contributed by atoms with E-state index in [1.807, 2.05) is 13.8 Å². The molecule has 0 heterocycles.